The van der Waals surface area contributed by atoms with E-state index < -0.39 is 12.0 Å². The SMILES string of the molecule is C[C@H](C(=O)N1CCNC(=O)[C@H]1CCO)c1ccc(-c2ccccc2)c(F)c1. The summed E-state index contributed by atoms with van der Waals surface area (Å²) in [6, 6.07) is 13.3. The summed E-state index contributed by atoms with van der Waals surface area (Å²) in [5.74, 6) is -1.48. The standard InChI is InChI=1S/C21H23FN2O3/c1-14(21(27)24-11-10-23-20(26)19(24)9-12-25)16-7-8-17(18(22)13-16)15-5-3-2-4-6-15/h2-8,13-14,19,25H,9-12H2,1H3,(H,23,26)/t14-,19+/m0/s1. The molecule has 0 aromatic heterocycles. The van der Waals surface area contributed by atoms with Crippen molar-refractivity contribution in [2.45, 2.75) is 25.3 Å². The van der Waals surface area contributed by atoms with Crippen LogP contribution in [0.3, 0.4) is 0 Å². The van der Waals surface area contributed by atoms with Gasteiger partial charge >= 0.3 is 0 Å². The van der Waals surface area contributed by atoms with Crippen LogP contribution in [0, 0.1) is 5.82 Å². The van der Waals surface area contributed by atoms with Gasteiger partial charge in [-0.25, -0.2) is 4.39 Å². The molecule has 1 fully saturated rings. The van der Waals surface area contributed by atoms with E-state index in [-0.39, 0.29) is 30.7 Å². The van der Waals surface area contributed by atoms with Gasteiger partial charge in [-0.3, -0.25) is 9.59 Å². The van der Waals surface area contributed by atoms with Gasteiger partial charge in [0.1, 0.15) is 11.9 Å². The zero-order valence-electron chi connectivity index (χ0n) is 15.2. The number of aliphatic hydroxyl groups is 1. The van der Waals surface area contributed by atoms with Gasteiger partial charge in [0.05, 0.1) is 5.92 Å². The van der Waals surface area contributed by atoms with Crippen molar-refractivity contribution < 1.29 is 19.1 Å². The third kappa shape index (κ3) is 4.01. The molecule has 0 bridgehead atoms. The molecule has 2 amide bonds. The van der Waals surface area contributed by atoms with Crippen molar-refractivity contribution in [3.8, 4) is 11.1 Å². The average molecular weight is 370 g/mol. The van der Waals surface area contributed by atoms with Crippen LogP contribution in [0.2, 0.25) is 0 Å². The number of aliphatic hydroxyl groups excluding tert-OH is 1. The first-order valence-corrected chi connectivity index (χ1v) is 9.07. The highest BCUT2D eigenvalue weighted by Gasteiger charge is 2.35. The number of carbonyl (C=O) groups is 2. The Bertz CT molecular complexity index is 825. The van der Waals surface area contributed by atoms with Crippen LogP contribution in [0.25, 0.3) is 11.1 Å². The van der Waals surface area contributed by atoms with Crippen LogP contribution in [0.15, 0.2) is 48.5 Å². The maximum atomic E-state index is 14.6. The summed E-state index contributed by atoms with van der Waals surface area (Å²) in [6.45, 7) is 2.28. The number of benzene rings is 2. The number of nitrogens with zero attached hydrogens (tertiary/aromatic N) is 1. The molecule has 1 aliphatic heterocycles. The Morgan fingerprint density at radius 2 is 2.04 bits per heavy atom. The highest BCUT2D eigenvalue weighted by Crippen LogP contribution is 2.28. The molecule has 2 atom stereocenters. The molecule has 0 unspecified atom stereocenters. The molecule has 2 N–H and O–H groups in total. The number of rotatable bonds is 5. The van der Waals surface area contributed by atoms with Gasteiger partial charge in [-0.05, 0) is 30.5 Å². The Kier molecular flexibility index (Phi) is 5.86. The first kappa shape index (κ1) is 19.0. The maximum Gasteiger partial charge on any atom is 0.242 e. The molecule has 3 rings (SSSR count). The lowest BCUT2D eigenvalue weighted by atomic mass is 9.94. The van der Waals surface area contributed by atoms with Crippen molar-refractivity contribution in [3.05, 3.63) is 59.9 Å². The van der Waals surface area contributed by atoms with Crippen molar-refractivity contribution >= 4 is 11.8 Å². The summed E-state index contributed by atoms with van der Waals surface area (Å²) in [5, 5.41) is 11.9. The quantitative estimate of drug-likeness (QED) is 0.849. The van der Waals surface area contributed by atoms with E-state index in [1.165, 1.54) is 11.0 Å². The van der Waals surface area contributed by atoms with Gasteiger partial charge in [-0.1, -0.05) is 42.5 Å². The summed E-state index contributed by atoms with van der Waals surface area (Å²) in [4.78, 5) is 26.5. The van der Waals surface area contributed by atoms with Gasteiger partial charge in [0.25, 0.3) is 0 Å². The Morgan fingerprint density at radius 3 is 2.70 bits per heavy atom. The Balaban J connectivity index is 1.82. The molecule has 2 aromatic rings. The summed E-state index contributed by atoms with van der Waals surface area (Å²) in [6.07, 6.45) is 0.186. The van der Waals surface area contributed by atoms with Crippen molar-refractivity contribution in [2.24, 2.45) is 0 Å². The molecule has 6 heteroatoms. The van der Waals surface area contributed by atoms with E-state index in [9.17, 15) is 19.1 Å². The van der Waals surface area contributed by atoms with Crippen LogP contribution in [0.5, 0.6) is 0 Å². The average Bonchev–Trinajstić information content (AvgIpc) is 2.69. The molecule has 1 heterocycles. The minimum atomic E-state index is -0.688. The molecule has 27 heavy (non-hydrogen) atoms. The van der Waals surface area contributed by atoms with E-state index in [0.29, 0.717) is 24.2 Å². The molecule has 0 radical (unpaired) electrons. The number of amides is 2. The maximum absolute atomic E-state index is 14.6. The van der Waals surface area contributed by atoms with Crippen LogP contribution < -0.4 is 5.32 Å². The van der Waals surface area contributed by atoms with Gasteiger partial charge < -0.3 is 15.3 Å². The van der Waals surface area contributed by atoms with Crippen molar-refractivity contribution in [1.82, 2.24) is 10.2 Å². The van der Waals surface area contributed by atoms with Gasteiger partial charge in [-0.15, -0.1) is 0 Å². The third-order valence-electron chi connectivity index (χ3n) is 4.96. The van der Waals surface area contributed by atoms with Crippen LogP contribution >= 0.6 is 0 Å². The van der Waals surface area contributed by atoms with Gasteiger partial charge in [-0.2, -0.15) is 0 Å². The lowest BCUT2D eigenvalue weighted by molar-refractivity contribution is -0.144. The van der Waals surface area contributed by atoms with Gasteiger partial charge in [0.15, 0.2) is 0 Å². The molecule has 0 saturated carbocycles. The number of carbonyl (C=O) groups excluding carboxylic acids is 2. The third-order valence-corrected chi connectivity index (χ3v) is 4.96. The predicted octanol–water partition coefficient (Wildman–Crippen LogP) is 2.31. The summed E-state index contributed by atoms with van der Waals surface area (Å²) in [7, 11) is 0. The molecule has 2 aromatic carbocycles. The van der Waals surface area contributed by atoms with E-state index in [0.717, 1.165) is 5.56 Å². The number of piperazine rings is 1. The molecular formula is C21H23FN2O3. The normalized spacial score (nSPS) is 18.1. The smallest absolute Gasteiger partial charge is 0.242 e. The minimum absolute atomic E-state index is 0.184. The zero-order chi connectivity index (χ0) is 19.4. The monoisotopic (exact) mass is 370 g/mol. The largest absolute Gasteiger partial charge is 0.396 e. The molecule has 0 spiro atoms. The predicted molar refractivity (Wildman–Crippen MR) is 100 cm³/mol. The molecule has 5 nitrogen and oxygen atoms in total. The van der Waals surface area contributed by atoms with E-state index >= 15 is 0 Å². The fraction of sp³-hybridized carbons (Fsp3) is 0.333. The Morgan fingerprint density at radius 1 is 1.30 bits per heavy atom. The van der Waals surface area contributed by atoms with Crippen LogP contribution in [-0.2, 0) is 9.59 Å². The summed E-state index contributed by atoms with van der Waals surface area (Å²) >= 11 is 0. The number of nitrogens with one attached hydrogen (secondary N) is 1. The number of halogens is 1. The van der Waals surface area contributed by atoms with E-state index in [4.69, 9.17) is 0 Å². The molecular weight excluding hydrogens is 347 g/mol. The number of hydrogen-bond donors (Lipinski definition) is 2. The van der Waals surface area contributed by atoms with E-state index in [1.807, 2.05) is 30.3 Å². The van der Waals surface area contributed by atoms with Crippen LogP contribution in [-0.4, -0.2) is 47.6 Å². The van der Waals surface area contributed by atoms with Crippen molar-refractivity contribution in [1.29, 1.82) is 0 Å². The minimum Gasteiger partial charge on any atom is -0.396 e. The first-order chi connectivity index (χ1) is 13.0. The lowest BCUT2D eigenvalue weighted by Gasteiger charge is -2.36. The number of hydrogen-bond acceptors (Lipinski definition) is 3. The zero-order valence-corrected chi connectivity index (χ0v) is 15.2. The fourth-order valence-corrected chi connectivity index (χ4v) is 3.43. The van der Waals surface area contributed by atoms with Crippen LogP contribution in [0.1, 0.15) is 24.8 Å². The first-order valence-electron chi connectivity index (χ1n) is 9.07. The Hall–Kier alpha value is -2.73. The summed E-state index contributed by atoms with van der Waals surface area (Å²) < 4.78 is 14.6. The fourth-order valence-electron chi connectivity index (χ4n) is 3.43. The topological polar surface area (TPSA) is 69.6 Å². The van der Waals surface area contributed by atoms with E-state index in [1.54, 1.807) is 19.1 Å². The molecule has 0 aliphatic carbocycles. The van der Waals surface area contributed by atoms with Crippen molar-refractivity contribution in [3.63, 3.8) is 0 Å². The molecule has 142 valence electrons. The Labute approximate surface area is 157 Å². The molecule has 1 saturated heterocycles. The second kappa shape index (κ2) is 8.31. The van der Waals surface area contributed by atoms with Gasteiger partial charge in [0, 0.05) is 25.3 Å². The second-order valence-electron chi connectivity index (χ2n) is 6.68. The van der Waals surface area contributed by atoms with Crippen LogP contribution in [0.4, 0.5) is 4.39 Å². The highest BCUT2D eigenvalue weighted by molar-refractivity contribution is 5.91. The van der Waals surface area contributed by atoms with E-state index in [2.05, 4.69) is 5.32 Å². The second-order valence-corrected chi connectivity index (χ2v) is 6.68. The lowest BCUT2D eigenvalue weighted by Crippen LogP contribution is -2.58. The van der Waals surface area contributed by atoms with Gasteiger partial charge in [0.2, 0.25) is 11.8 Å². The highest BCUT2D eigenvalue weighted by atomic mass is 19.1. The van der Waals surface area contributed by atoms with Crippen molar-refractivity contribution in [2.75, 3.05) is 19.7 Å². The molecule has 1 aliphatic rings. The summed E-state index contributed by atoms with van der Waals surface area (Å²) in [5.41, 5.74) is 1.82.